The fourth-order valence-corrected chi connectivity index (χ4v) is 4.91. The van der Waals surface area contributed by atoms with E-state index in [1.807, 2.05) is 60.7 Å². The first kappa shape index (κ1) is 27.6. The lowest BCUT2D eigenvalue weighted by molar-refractivity contribution is 0.482. The quantitative estimate of drug-likeness (QED) is 0.221. The molecule has 0 bridgehead atoms. The predicted molar refractivity (Wildman–Crippen MR) is 158 cm³/mol. The van der Waals surface area contributed by atoms with Gasteiger partial charge >= 0.3 is 0 Å². The van der Waals surface area contributed by atoms with E-state index in [4.69, 9.17) is 55.9 Å². The molecule has 0 aliphatic carbocycles. The molecule has 4 aromatic rings. The van der Waals surface area contributed by atoms with Gasteiger partial charge in [0.05, 0.1) is 21.4 Å². The van der Waals surface area contributed by atoms with Crippen molar-refractivity contribution in [2.75, 3.05) is 36.0 Å². The van der Waals surface area contributed by atoms with Gasteiger partial charge < -0.3 is 19.3 Å². The van der Waals surface area contributed by atoms with Crippen LogP contribution in [0.4, 0.5) is 11.4 Å². The number of nitrogens with zero attached hydrogens (tertiary/aromatic N) is 2. The maximum atomic E-state index is 6.63. The van der Waals surface area contributed by atoms with Crippen molar-refractivity contribution in [1.82, 2.24) is 0 Å². The van der Waals surface area contributed by atoms with Crippen LogP contribution in [0.25, 0.3) is 0 Å². The summed E-state index contributed by atoms with van der Waals surface area (Å²) in [6.07, 6.45) is 0. The summed E-state index contributed by atoms with van der Waals surface area (Å²) in [4.78, 5) is 4.55. The molecule has 0 unspecified atom stereocenters. The maximum absolute atomic E-state index is 6.63. The largest absolute Gasteiger partial charge is 0.457 e. The summed E-state index contributed by atoms with van der Waals surface area (Å²) in [7, 11) is 0. The summed E-state index contributed by atoms with van der Waals surface area (Å²) < 4.78 is 11.8. The maximum Gasteiger partial charge on any atom is 0.129 e. The molecule has 0 saturated carbocycles. The molecule has 0 amide bonds. The highest BCUT2D eigenvalue weighted by Crippen LogP contribution is 2.36. The monoisotopic (exact) mass is 594 g/mol. The summed E-state index contributed by atoms with van der Waals surface area (Å²) in [6, 6.07) is 26.0. The van der Waals surface area contributed by atoms with E-state index in [1.165, 1.54) is 0 Å². The van der Waals surface area contributed by atoms with E-state index in [1.54, 1.807) is 24.3 Å². The van der Waals surface area contributed by atoms with E-state index in [2.05, 4.69) is 9.80 Å². The summed E-state index contributed by atoms with van der Waals surface area (Å²) >= 11 is 25.1. The smallest absolute Gasteiger partial charge is 0.129 e. The zero-order chi connectivity index (χ0) is 25.1. The van der Waals surface area contributed by atoms with Gasteiger partial charge in [0, 0.05) is 48.4 Å². The lowest BCUT2D eigenvalue weighted by atomic mass is 10.2. The normalized spacial score (nSPS) is 13.2. The van der Waals surface area contributed by atoms with Crippen LogP contribution in [0.1, 0.15) is 0 Å². The molecule has 0 aromatic heterocycles. The first-order valence-electron chi connectivity index (χ1n) is 11.4. The fourth-order valence-electron chi connectivity index (χ4n) is 4.08. The molecule has 1 saturated heterocycles. The van der Waals surface area contributed by atoms with Gasteiger partial charge in [0.1, 0.15) is 23.0 Å². The van der Waals surface area contributed by atoms with Crippen LogP contribution >= 0.6 is 58.8 Å². The zero-order valence-corrected chi connectivity index (χ0v) is 23.4. The molecular formula is C28H23Cl5N2O2. The SMILES string of the molecule is Cl.Clc1ccc(Oc2ccc(N3CCN(c4ccc(Oc5ccc(Cl)cc5)cc4Cl)CC3)c(Cl)c2)cc1. The molecule has 192 valence electrons. The van der Waals surface area contributed by atoms with Crippen LogP contribution in [0.5, 0.6) is 23.0 Å². The van der Waals surface area contributed by atoms with Crippen LogP contribution in [0.3, 0.4) is 0 Å². The molecule has 1 fully saturated rings. The molecular weight excluding hydrogens is 574 g/mol. The topological polar surface area (TPSA) is 24.9 Å². The van der Waals surface area contributed by atoms with Crippen LogP contribution in [0.15, 0.2) is 84.9 Å². The number of hydrogen-bond donors (Lipinski definition) is 0. The zero-order valence-electron chi connectivity index (χ0n) is 19.5. The van der Waals surface area contributed by atoms with E-state index < -0.39 is 0 Å². The predicted octanol–water partition coefficient (Wildman–Crippen LogP) is 9.63. The van der Waals surface area contributed by atoms with Gasteiger partial charge in [-0.15, -0.1) is 12.4 Å². The van der Waals surface area contributed by atoms with Crippen molar-refractivity contribution in [1.29, 1.82) is 0 Å². The molecule has 4 aromatic carbocycles. The van der Waals surface area contributed by atoms with Gasteiger partial charge in [0.25, 0.3) is 0 Å². The third-order valence-corrected chi connectivity index (χ3v) is 7.01. The Balaban J connectivity index is 0.00000320. The van der Waals surface area contributed by atoms with Crippen LogP contribution in [0.2, 0.25) is 20.1 Å². The average Bonchev–Trinajstić information content (AvgIpc) is 2.87. The van der Waals surface area contributed by atoms with Gasteiger partial charge in [0.15, 0.2) is 0 Å². The van der Waals surface area contributed by atoms with E-state index in [0.29, 0.717) is 43.1 Å². The molecule has 5 rings (SSSR count). The third-order valence-electron chi connectivity index (χ3n) is 5.90. The van der Waals surface area contributed by atoms with E-state index in [9.17, 15) is 0 Å². The minimum atomic E-state index is 0. The number of ether oxygens (including phenoxy) is 2. The van der Waals surface area contributed by atoms with Crippen LogP contribution in [0, 0.1) is 0 Å². The van der Waals surface area contributed by atoms with E-state index >= 15 is 0 Å². The number of benzene rings is 4. The number of anilines is 2. The first-order chi connectivity index (χ1) is 17.4. The first-order valence-corrected chi connectivity index (χ1v) is 12.9. The Hall–Kier alpha value is -2.47. The van der Waals surface area contributed by atoms with Crippen molar-refractivity contribution >= 4 is 70.2 Å². The minimum absolute atomic E-state index is 0. The standard InChI is InChI=1S/C28H22Cl4N2O2.ClH/c29-19-1-5-21(6-2-19)35-23-9-11-27(25(31)17-23)33-13-15-34(16-14-33)28-12-10-24(18-26(28)32)36-22-7-3-20(30)4-8-22;/h1-12,17-18H,13-16H2;1H. The second-order valence-electron chi connectivity index (χ2n) is 8.31. The number of rotatable bonds is 6. The second-order valence-corrected chi connectivity index (χ2v) is 10.00. The number of hydrogen-bond acceptors (Lipinski definition) is 4. The van der Waals surface area contributed by atoms with Crippen LogP contribution in [-0.4, -0.2) is 26.2 Å². The van der Waals surface area contributed by atoms with Crippen LogP contribution < -0.4 is 19.3 Å². The van der Waals surface area contributed by atoms with Gasteiger partial charge in [-0.25, -0.2) is 0 Å². The Morgan fingerprint density at radius 2 is 0.784 bits per heavy atom. The molecule has 0 N–H and O–H groups in total. The van der Waals surface area contributed by atoms with E-state index in [0.717, 1.165) is 37.6 Å². The Bertz CT molecular complexity index is 1240. The molecule has 0 radical (unpaired) electrons. The Kier molecular flexibility index (Phi) is 9.22. The molecule has 1 aliphatic heterocycles. The Labute approximate surface area is 242 Å². The average molecular weight is 597 g/mol. The van der Waals surface area contributed by atoms with Gasteiger partial charge in [-0.3, -0.25) is 0 Å². The van der Waals surface area contributed by atoms with Crippen molar-refractivity contribution < 1.29 is 9.47 Å². The highest BCUT2D eigenvalue weighted by Gasteiger charge is 2.21. The minimum Gasteiger partial charge on any atom is -0.457 e. The van der Waals surface area contributed by atoms with Crippen LogP contribution in [-0.2, 0) is 0 Å². The number of piperazine rings is 1. The van der Waals surface area contributed by atoms with Crippen molar-refractivity contribution in [3.05, 3.63) is 105 Å². The Morgan fingerprint density at radius 1 is 0.459 bits per heavy atom. The van der Waals surface area contributed by atoms with Crippen molar-refractivity contribution in [3.63, 3.8) is 0 Å². The highest BCUT2D eigenvalue weighted by molar-refractivity contribution is 6.34. The van der Waals surface area contributed by atoms with Gasteiger partial charge in [-0.05, 0) is 72.8 Å². The van der Waals surface area contributed by atoms with E-state index in [-0.39, 0.29) is 12.4 Å². The summed E-state index contributed by atoms with van der Waals surface area (Å²) in [5.41, 5.74) is 1.97. The Morgan fingerprint density at radius 3 is 1.11 bits per heavy atom. The van der Waals surface area contributed by atoms with Crippen molar-refractivity contribution in [3.8, 4) is 23.0 Å². The highest BCUT2D eigenvalue weighted by atomic mass is 35.5. The van der Waals surface area contributed by atoms with Crippen molar-refractivity contribution in [2.24, 2.45) is 0 Å². The molecule has 0 spiro atoms. The molecule has 37 heavy (non-hydrogen) atoms. The van der Waals surface area contributed by atoms with Gasteiger partial charge in [0.2, 0.25) is 0 Å². The molecule has 4 nitrogen and oxygen atoms in total. The van der Waals surface area contributed by atoms with Gasteiger partial charge in [-0.2, -0.15) is 0 Å². The lowest BCUT2D eigenvalue weighted by Crippen LogP contribution is -2.46. The summed E-state index contributed by atoms with van der Waals surface area (Å²) in [5, 5.41) is 2.63. The fraction of sp³-hybridized carbons (Fsp3) is 0.143. The van der Waals surface area contributed by atoms with Gasteiger partial charge in [-0.1, -0.05) is 46.4 Å². The second kappa shape index (κ2) is 12.4. The molecule has 0 atom stereocenters. The summed E-state index contributed by atoms with van der Waals surface area (Å²) in [6.45, 7) is 3.26. The van der Waals surface area contributed by atoms with Crippen molar-refractivity contribution in [2.45, 2.75) is 0 Å². The summed E-state index contributed by atoms with van der Waals surface area (Å²) in [5.74, 6) is 2.77. The molecule has 9 heteroatoms. The lowest BCUT2D eigenvalue weighted by Gasteiger charge is -2.38. The molecule has 1 heterocycles. The molecule has 1 aliphatic rings. The number of halogens is 5. The third kappa shape index (κ3) is 6.90.